The molecule has 7 N–H and O–H groups in total. The number of aromatic nitrogens is 1. The normalized spacial score (nSPS) is 11.4. The molecule has 0 fully saturated rings. The molecule has 27 heavy (non-hydrogen) atoms. The Morgan fingerprint density at radius 2 is 1.04 bits per heavy atom. The van der Waals surface area contributed by atoms with Crippen LogP contribution in [-0.4, -0.2) is 40.3 Å². The summed E-state index contributed by atoms with van der Waals surface area (Å²) in [4.78, 5) is 0. The van der Waals surface area contributed by atoms with Gasteiger partial charge in [0.1, 0.15) is 15.5 Å². The number of rotatable bonds is 1. The molecule has 1 aromatic heterocycles. The van der Waals surface area contributed by atoms with Crippen LogP contribution in [0, 0.1) is 0 Å². The topological polar surface area (TPSA) is 147 Å². The number of nitrogens with zero attached hydrogens (tertiary/aromatic N) is 1. The van der Waals surface area contributed by atoms with Crippen LogP contribution < -0.4 is 0 Å². The van der Waals surface area contributed by atoms with Gasteiger partial charge in [-0.25, -0.2) is 0 Å². The van der Waals surface area contributed by atoms with E-state index in [0.29, 0.717) is 5.69 Å². The van der Waals surface area contributed by atoms with Crippen molar-refractivity contribution in [2.45, 2.75) is 0 Å². The molecule has 0 aliphatic rings. The van der Waals surface area contributed by atoms with Gasteiger partial charge in [-0.15, -0.1) is 0 Å². The summed E-state index contributed by atoms with van der Waals surface area (Å²) in [6.45, 7) is 0. The van der Waals surface area contributed by atoms with Gasteiger partial charge in [0.15, 0.2) is 28.7 Å². The van der Waals surface area contributed by atoms with Crippen molar-refractivity contribution in [3.05, 3.63) is 34.8 Å². The van der Waals surface area contributed by atoms with E-state index in [1.165, 1.54) is 4.57 Å². The van der Waals surface area contributed by atoms with E-state index in [0.717, 1.165) is 0 Å². The second kappa shape index (κ2) is 5.52. The maximum absolute atomic E-state index is 10.6. The third-order valence-electron chi connectivity index (χ3n) is 4.42. The lowest BCUT2D eigenvalue weighted by Crippen LogP contribution is -1.94. The van der Waals surface area contributed by atoms with E-state index in [-0.39, 0.29) is 26.3 Å². The highest BCUT2D eigenvalue weighted by atomic mass is 79.9. The van der Waals surface area contributed by atoms with E-state index in [9.17, 15) is 35.7 Å². The predicted molar refractivity (Wildman–Crippen MR) is 100 cm³/mol. The summed E-state index contributed by atoms with van der Waals surface area (Å²) >= 11 is 2.98. The fourth-order valence-corrected chi connectivity index (χ4v) is 3.59. The Kier molecular flexibility index (Phi) is 3.47. The van der Waals surface area contributed by atoms with Crippen molar-refractivity contribution >= 4 is 37.7 Å². The van der Waals surface area contributed by atoms with Crippen LogP contribution in [0.1, 0.15) is 0 Å². The zero-order valence-electron chi connectivity index (χ0n) is 13.3. The number of hydrogen-bond donors (Lipinski definition) is 7. The summed E-state index contributed by atoms with van der Waals surface area (Å²) in [6, 6.07) is 8.33. The molecule has 8 nitrogen and oxygen atoms in total. The number of phenolic OH excluding ortho intramolecular Hbond substituents is 7. The first kappa shape index (κ1) is 17.0. The largest absolute Gasteiger partial charge is 0.504 e. The Balaban J connectivity index is 2.45. The number of hydrogen-bond acceptors (Lipinski definition) is 7. The number of halogens is 1. The van der Waals surface area contributed by atoms with E-state index in [1.807, 2.05) is 0 Å². The van der Waals surface area contributed by atoms with Crippen LogP contribution in [0.3, 0.4) is 0 Å². The lowest BCUT2D eigenvalue weighted by atomic mass is 10.1. The highest BCUT2D eigenvalue weighted by molar-refractivity contribution is 9.10. The zero-order chi connectivity index (χ0) is 19.6. The molecule has 0 unspecified atom stereocenters. The first-order valence-corrected chi connectivity index (χ1v) is 8.38. The number of phenols is 7. The van der Waals surface area contributed by atoms with Crippen LogP contribution in [0.2, 0.25) is 0 Å². The molecule has 0 bridgehead atoms. The number of benzene rings is 3. The maximum Gasteiger partial charge on any atom is 0.206 e. The molecule has 0 atom stereocenters. The molecule has 9 heteroatoms. The Labute approximate surface area is 159 Å². The molecular weight excluding hydrogens is 422 g/mol. The lowest BCUT2D eigenvalue weighted by molar-refractivity contribution is 0.350. The van der Waals surface area contributed by atoms with Crippen LogP contribution >= 0.6 is 15.9 Å². The van der Waals surface area contributed by atoms with Gasteiger partial charge < -0.3 is 40.3 Å². The summed E-state index contributed by atoms with van der Waals surface area (Å²) in [7, 11) is 0. The molecule has 0 aliphatic heterocycles. The second-order valence-electron chi connectivity index (χ2n) is 5.87. The Bertz CT molecular complexity index is 1170. The fraction of sp³-hybridized carbons (Fsp3) is 0. The molecule has 4 aromatic rings. The quantitative estimate of drug-likeness (QED) is 0.179. The van der Waals surface area contributed by atoms with Gasteiger partial charge in [-0.3, -0.25) is 0 Å². The minimum atomic E-state index is -1.01. The Morgan fingerprint density at radius 1 is 0.556 bits per heavy atom. The van der Waals surface area contributed by atoms with Gasteiger partial charge in [-0.05, 0) is 28.1 Å². The van der Waals surface area contributed by atoms with Crippen LogP contribution in [0.25, 0.3) is 27.5 Å². The minimum Gasteiger partial charge on any atom is -0.504 e. The van der Waals surface area contributed by atoms with E-state index in [1.54, 1.807) is 30.3 Å². The molecule has 0 radical (unpaired) electrons. The molecule has 0 saturated carbocycles. The molecule has 1 heterocycles. The second-order valence-corrected chi connectivity index (χ2v) is 6.67. The standard InChI is InChI=1S/C18H12BrNO7/c19-9-14(23)10-7(12(21)15(9)24)8-11(16(25)18(27)17(26)13(8)22)20(10)6-4-2-1-3-5-6/h1-5,21-27H. The molecule has 138 valence electrons. The van der Waals surface area contributed by atoms with Crippen molar-refractivity contribution in [2.75, 3.05) is 0 Å². The SMILES string of the molecule is Oc1c(O)c(O)c2c(c1O)c1c(O)c(O)c(Br)c(O)c1n2-c1ccccc1. The van der Waals surface area contributed by atoms with Gasteiger partial charge >= 0.3 is 0 Å². The van der Waals surface area contributed by atoms with Crippen molar-refractivity contribution < 1.29 is 35.7 Å². The van der Waals surface area contributed by atoms with Crippen LogP contribution in [0.15, 0.2) is 34.8 Å². The summed E-state index contributed by atoms with van der Waals surface area (Å²) in [6.07, 6.45) is 0. The van der Waals surface area contributed by atoms with Crippen molar-refractivity contribution in [3.8, 4) is 45.9 Å². The smallest absolute Gasteiger partial charge is 0.206 e. The molecule has 0 amide bonds. The summed E-state index contributed by atoms with van der Waals surface area (Å²) in [5, 5.41) is 71.4. The predicted octanol–water partition coefficient (Wildman–Crippen LogP) is 3.49. The van der Waals surface area contributed by atoms with Gasteiger partial charge in [0, 0.05) is 5.69 Å². The summed E-state index contributed by atoms with van der Waals surface area (Å²) < 4.78 is 1.07. The Hall–Kier alpha value is -3.46. The Morgan fingerprint density at radius 3 is 1.63 bits per heavy atom. The van der Waals surface area contributed by atoms with Crippen molar-refractivity contribution in [3.63, 3.8) is 0 Å². The van der Waals surface area contributed by atoms with E-state index < -0.39 is 40.2 Å². The first-order valence-electron chi connectivity index (χ1n) is 7.59. The number of aromatic hydroxyl groups is 7. The fourth-order valence-electron chi connectivity index (χ4n) is 3.21. The minimum absolute atomic E-state index is 0.0750. The highest BCUT2D eigenvalue weighted by Crippen LogP contribution is 2.58. The molecule has 0 aliphatic carbocycles. The molecule has 0 saturated heterocycles. The highest BCUT2D eigenvalue weighted by Gasteiger charge is 2.31. The maximum atomic E-state index is 10.6. The van der Waals surface area contributed by atoms with Gasteiger partial charge in [0.2, 0.25) is 11.5 Å². The molecular formula is C18H12BrNO7. The number of para-hydroxylation sites is 1. The van der Waals surface area contributed by atoms with Crippen LogP contribution in [0.4, 0.5) is 0 Å². The van der Waals surface area contributed by atoms with Crippen molar-refractivity contribution in [1.82, 2.24) is 4.57 Å². The van der Waals surface area contributed by atoms with E-state index in [4.69, 9.17) is 0 Å². The van der Waals surface area contributed by atoms with Gasteiger partial charge in [0.25, 0.3) is 0 Å². The zero-order valence-corrected chi connectivity index (χ0v) is 14.9. The van der Waals surface area contributed by atoms with Gasteiger partial charge in [0.05, 0.1) is 10.8 Å². The first-order chi connectivity index (χ1) is 12.8. The summed E-state index contributed by atoms with van der Waals surface area (Å²) in [5.41, 5.74) is 0.144. The summed E-state index contributed by atoms with van der Waals surface area (Å²) in [5.74, 6) is -5.48. The van der Waals surface area contributed by atoms with Gasteiger partial charge in [-0.2, -0.15) is 0 Å². The van der Waals surface area contributed by atoms with E-state index >= 15 is 0 Å². The molecule has 0 spiro atoms. The number of fused-ring (bicyclic) bond motifs is 3. The third-order valence-corrected chi connectivity index (χ3v) is 5.17. The monoisotopic (exact) mass is 433 g/mol. The van der Waals surface area contributed by atoms with Crippen molar-refractivity contribution in [2.24, 2.45) is 0 Å². The average Bonchev–Trinajstić information content (AvgIpc) is 3.04. The van der Waals surface area contributed by atoms with Gasteiger partial charge in [-0.1, -0.05) is 18.2 Å². The van der Waals surface area contributed by atoms with E-state index in [2.05, 4.69) is 15.9 Å². The van der Waals surface area contributed by atoms with Crippen LogP contribution in [-0.2, 0) is 0 Å². The van der Waals surface area contributed by atoms with Crippen LogP contribution in [0.5, 0.6) is 40.2 Å². The molecule has 3 aromatic carbocycles. The average molecular weight is 434 g/mol. The third kappa shape index (κ3) is 2.02. The van der Waals surface area contributed by atoms with Crippen molar-refractivity contribution in [1.29, 1.82) is 0 Å². The molecule has 4 rings (SSSR count). The lowest BCUT2D eigenvalue weighted by Gasteiger charge is -2.12.